The molecule has 0 heterocycles. The summed E-state index contributed by atoms with van der Waals surface area (Å²) >= 11 is 0. The van der Waals surface area contributed by atoms with Crippen molar-refractivity contribution >= 4 is 5.91 Å². The standard InChI is InChI=1S/C13H23NO/c1-11(2)12(3,4)13(11)7-5-9(6-8-13)10(14)15/h9H,5-8H2,1-4H3,(H2,14,15). The molecule has 0 aliphatic heterocycles. The van der Waals surface area contributed by atoms with Crippen molar-refractivity contribution in [3.05, 3.63) is 0 Å². The SMILES string of the molecule is CC1(C)C(C)(C)C12CCC(C(N)=O)CC2. The number of hydrogen-bond donors (Lipinski definition) is 1. The number of hydrogen-bond acceptors (Lipinski definition) is 1. The van der Waals surface area contributed by atoms with Crippen LogP contribution < -0.4 is 5.73 Å². The lowest BCUT2D eigenvalue weighted by atomic mass is 9.74. The Morgan fingerprint density at radius 2 is 1.47 bits per heavy atom. The summed E-state index contributed by atoms with van der Waals surface area (Å²) in [4.78, 5) is 11.1. The zero-order valence-corrected chi connectivity index (χ0v) is 10.4. The van der Waals surface area contributed by atoms with Crippen molar-refractivity contribution in [2.45, 2.75) is 53.4 Å². The number of primary amides is 1. The molecule has 2 fully saturated rings. The van der Waals surface area contributed by atoms with Gasteiger partial charge in [-0.1, -0.05) is 27.7 Å². The first kappa shape index (κ1) is 11.0. The predicted molar refractivity (Wildman–Crippen MR) is 61.1 cm³/mol. The molecular weight excluding hydrogens is 186 g/mol. The van der Waals surface area contributed by atoms with E-state index in [1.807, 2.05) is 0 Å². The summed E-state index contributed by atoms with van der Waals surface area (Å²) in [5.41, 5.74) is 6.72. The molecule has 1 amide bonds. The van der Waals surface area contributed by atoms with Gasteiger partial charge in [0, 0.05) is 5.92 Å². The Morgan fingerprint density at radius 1 is 1.07 bits per heavy atom. The summed E-state index contributed by atoms with van der Waals surface area (Å²) in [6, 6.07) is 0. The second kappa shape index (κ2) is 2.78. The Labute approximate surface area is 92.6 Å². The highest BCUT2D eigenvalue weighted by Crippen LogP contribution is 2.82. The summed E-state index contributed by atoms with van der Waals surface area (Å²) in [5, 5.41) is 0. The average Bonchev–Trinajstić information content (AvgIpc) is 2.46. The molecule has 2 aliphatic rings. The van der Waals surface area contributed by atoms with Crippen LogP contribution in [-0.2, 0) is 4.79 Å². The third-order valence-corrected chi connectivity index (χ3v) is 6.13. The quantitative estimate of drug-likeness (QED) is 0.709. The Hall–Kier alpha value is -0.530. The van der Waals surface area contributed by atoms with Crippen LogP contribution in [0.15, 0.2) is 0 Å². The number of carbonyl (C=O) groups excluding carboxylic acids is 1. The van der Waals surface area contributed by atoms with Gasteiger partial charge < -0.3 is 5.73 Å². The fourth-order valence-electron chi connectivity index (χ4n) is 4.19. The van der Waals surface area contributed by atoms with Crippen LogP contribution in [0.4, 0.5) is 0 Å². The third kappa shape index (κ3) is 1.08. The van der Waals surface area contributed by atoms with E-state index in [4.69, 9.17) is 5.73 Å². The van der Waals surface area contributed by atoms with E-state index >= 15 is 0 Å². The Morgan fingerprint density at radius 3 is 1.73 bits per heavy atom. The summed E-state index contributed by atoms with van der Waals surface area (Å²) < 4.78 is 0. The minimum Gasteiger partial charge on any atom is -0.369 e. The Bertz CT molecular complexity index is 280. The summed E-state index contributed by atoms with van der Waals surface area (Å²) in [5.74, 6) is 0.0453. The zero-order chi connectivity index (χ0) is 11.5. The number of amides is 1. The van der Waals surface area contributed by atoms with E-state index in [0.29, 0.717) is 16.2 Å². The molecule has 0 bridgehead atoms. The fourth-order valence-corrected chi connectivity index (χ4v) is 4.19. The molecule has 2 heteroatoms. The molecule has 2 aliphatic carbocycles. The second-order valence-electron chi connectivity index (χ2n) is 6.51. The molecule has 0 atom stereocenters. The van der Waals surface area contributed by atoms with E-state index < -0.39 is 0 Å². The highest BCUT2D eigenvalue weighted by Gasteiger charge is 2.76. The molecule has 2 rings (SSSR count). The Balaban J connectivity index is 2.10. The highest BCUT2D eigenvalue weighted by atomic mass is 16.1. The van der Waals surface area contributed by atoms with Crippen molar-refractivity contribution in [3.63, 3.8) is 0 Å². The van der Waals surface area contributed by atoms with Crippen molar-refractivity contribution in [1.82, 2.24) is 0 Å². The second-order valence-corrected chi connectivity index (χ2v) is 6.51. The monoisotopic (exact) mass is 209 g/mol. The zero-order valence-electron chi connectivity index (χ0n) is 10.4. The molecule has 0 aromatic rings. The van der Waals surface area contributed by atoms with Crippen LogP contribution in [0.25, 0.3) is 0 Å². The van der Waals surface area contributed by atoms with Crippen LogP contribution in [-0.4, -0.2) is 5.91 Å². The lowest BCUT2D eigenvalue weighted by Gasteiger charge is -2.30. The maximum Gasteiger partial charge on any atom is 0.220 e. The molecular formula is C13H23NO. The lowest BCUT2D eigenvalue weighted by Crippen LogP contribution is -2.30. The molecule has 86 valence electrons. The van der Waals surface area contributed by atoms with Crippen molar-refractivity contribution < 1.29 is 4.79 Å². The maximum absolute atomic E-state index is 11.1. The maximum atomic E-state index is 11.1. The average molecular weight is 209 g/mol. The van der Waals surface area contributed by atoms with Gasteiger partial charge in [0.1, 0.15) is 0 Å². The third-order valence-electron chi connectivity index (χ3n) is 6.13. The topological polar surface area (TPSA) is 43.1 Å². The van der Waals surface area contributed by atoms with Gasteiger partial charge in [-0.05, 0) is 41.9 Å². The first-order valence-electron chi connectivity index (χ1n) is 6.06. The van der Waals surface area contributed by atoms with E-state index in [0.717, 1.165) is 12.8 Å². The number of rotatable bonds is 1. The van der Waals surface area contributed by atoms with Gasteiger partial charge in [-0.15, -0.1) is 0 Å². The van der Waals surface area contributed by atoms with Crippen LogP contribution >= 0.6 is 0 Å². The van der Waals surface area contributed by atoms with Gasteiger partial charge in [0.25, 0.3) is 0 Å². The number of carbonyl (C=O) groups is 1. The van der Waals surface area contributed by atoms with Gasteiger partial charge >= 0.3 is 0 Å². The van der Waals surface area contributed by atoms with Crippen LogP contribution in [0, 0.1) is 22.2 Å². The van der Waals surface area contributed by atoms with Gasteiger partial charge in [-0.25, -0.2) is 0 Å². The van der Waals surface area contributed by atoms with Gasteiger partial charge in [-0.3, -0.25) is 4.79 Å². The first-order chi connectivity index (χ1) is 6.76. The normalized spacial score (nSPS) is 31.5. The smallest absolute Gasteiger partial charge is 0.220 e. The van der Waals surface area contributed by atoms with Crippen LogP contribution in [0.3, 0.4) is 0 Å². The minimum absolute atomic E-state index is 0.0962. The van der Waals surface area contributed by atoms with Crippen molar-refractivity contribution in [2.24, 2.45) is 27.9 Å². The predicted octanol–water partition coefficient (Wildman–Crippen LogP) is 2.71. The van der Waals surface area contributed by atoms with E-state index in [1.54, 1.807) is 0 Å². The molecule has 0 saturated heterocycles. The van der Waals surface area contributed by atoms with Gasteiger partial charge in [0.15, 0.2) is 0 Å². The van der Waals surface area contributed by atoms with Crippen molar-refractivity contribution in [3.8, 4) is 0 Å². The van der Waals surface area contributed by atoms with Gasteiger partial charge in [0.05, 0.1) is 0 Å². The van der Waals surface area contributed by atoms with Gasteiger partial charge in [0.2, 0.25) is 5.91 Å². The van der Waals surface area contributed by atoms with Crippen molar-refractivity contribution in [2.75, 3.05) is 0 Å². The molecule has 2 nitrogen and oxygen atoms in total. The highest BCUT2D eigenvalue weighted by molar-refractivity contribution is 5.76. The molecule has 0 radical (unpaired) electrons. The molecule has 0 unspecified atom stereocenters. The summed E-state index contributed by atoms with van der Waals surface area (Å²) in [7, 11) is 0. The van der Waals surface area contributed by atoms with Crippen LogP contribution in [0.2, 0.25) is 0 Å². The molecule has 2 saturated carbocycles. The van der Waals surface area contributed by atoms with E-state index in [9.17, 15) is 4.79 Å². The summed E-state index contributed by atoms with van der Waals surface area (Å²) in [6.07, 6.45) is 4.37. The molecule has 0 aromatic carbocycles. The van der Waals surface area contributed by atoms with E-state index in [2.05, 4.69) is 27.7 Å². The molecule has 15 heavy (non-hydrogen) atoms. The van der Waals surface area contributed by atoms with E-state index in [-0.39, 0.29) is 11.8 Å². The minimum atomic E-state index is -0.0962. The number of nitrogens with two attached hydrogens (primary N) is 1. The molecule has 2 N–H and O–H groups in total. The van der Waals surface area contributed by atoms with Crippen molar-refractivity contribution in [1.29, 1.82) is 0 Å². The first-order valence-corrected chi connectivity index (χ1v) is 6.06. The summed E-state index contributed by atoms with van der Waals surface area (Å²) in [6.45, 7) is 9.49. The molecule has 0 aromatic heterocycles. The Kier molecular flexibility index (Phi) is 2.03. The molecule has 1 spiro atoms. The van der Waals surface area contributed by atoms with Crippen LogP contribution in [0.1, 0.15) is 53.4 Å². The van der Waals surface area contributed by atoms with Crippen LogP contribution in [0.5, 0.6) is 0 Å². The largest absolute Gasteiger partial charge is 0.369 e. The van der Waals surface area contributed by atoms with Gasteiger partial charge in [-0.2, -0.15) is 0 Å². The van der Waals surface area contributed by atoms with E-state index in [1.165, 1.54) is 12.8 Å². The fraction of sp³-hybridized carbons (Fsp3) is 0.923. The lowest BCUT2D eigenvalue weighted by molar-refractivity contribution is -0.123.